The molecule has 2 aromatic rings. The first-order chi connectivity index (χ1) is 9.67. The Morgan fingerprint density at radius 2 is 2.35 bits per heavy atom. The van der Waals surface area contributed by atoms with Gasteiger partial charge in [0.1, 0.15) is 5.82 Å². The van der Waals surface area contributed by atoms with Crippen molar-refractivity contribution in [2.24, 2.45) is 5.84 Å². The molecule has 3 N–H and O–H groups in total. The van der Waals surface area contributed by atoms with Gasteiger partial charge in [-0.25, -0.2) is 9.82 Å². The molecule has 1 heterocycles. The lowest BCUT2D eigenvalue weighted by molar-refractivity contribution is 0.182. The number of halogens is 2. The number of aromatic nitrogens is 2. The summed E-state index contributed by atoms with van der Waals surface area (Å²) >= 11 is 6.17. The summed E-state index contributed by atoms with van der Waals surface area (Å²) in [6.45, 7) is 1.03. The molecule has 5 nitrogen and oxygen atoms in total. The predicted octanol–water partition coefficient (Wildman–Crippen LogP) is 1.87. The van der Waals surface area contributed by atoms with Gasteiger partial charge in [0.2, 0.25) is 0 Å². The van der Waals surface area contributed by atoms with Crippen molar-refractivity contribution in [3.05, 3.63) is 52.6 Å². The molecule has 2 rings (SSSR count). The van der Waals surface area contributed by atoms with Gasteiger partial charge >= 0.3 is 0 Å². The van der Waals surface area contributed by atoms with E-state index in [0.29, 0.717) is 29.4 Å². The first-order valence-corrected chi connectivity index (χ1v) is 6.47. The van der Waals surface area contributed by atoms with Gasteiger partial charge in [-0.05, 0) is 17.7 Å². The van der Waals surface area contributed by atoms with Gasteiger partial charge in [-0.1, -0.05) is 23.7 Å². The Balaban J connectivity index is 2.38. The number of hydrogen-bond donors (Lipinski definition) is 2. The number of hydrogen-bond acceptors (Lipinski definition) is 4. The quantitative estimate of drug-likeness (QED) is 0.631. The Labute approximate surface area is 121 Å². The molecule has 0 aliphatic heterocycles. The Hall–Kier alpha value is -1.47. The average Bonchev–Trinajstić information content (AvgIpc) is 2.79. The van der Waals surface area contributed by atoms with Gasteiger partial charge in [-0.15, -0.1) is 0 Å². The van der Waals surface area contributed by atoms with Crippen molar-refractivity contribution in [2.75, 3.05) is 13.7 Å². The molecule has 0 saturated carbocycles. The van der Waals surface area contributed by atoms with E-state index >= 15 is 0 Å². The lowest BCUT2D eigenvalue weighted by Crippen LogP contribution is -2.31. The van der Waals surface area contributed by atoms with Gasteiger partial charge in [-0.2, -0.15) is 5.10 Å². The van der Waals surface area contributed by atoms with Crippen LogP contribution in [0.5, 0.6) is 0 Å². The van der Waals surface area contributed by atoms with E-state index in [2.05, 4.69) is 10.5 Å². The van der Waals surface area contributed by atoms with Crippen LogP contribution < -0.4 is 11.3 Å². The Morgan fingerprint density at radius 1 is 1.55 bits per heavy atom. The van der Waals surface area contributed by atoms with Gasteiger partial charge in [0, 0.05) is 7.11 Å². The lowest BCUT2D eigenvalue weighted by Gasteiger charge is -2.19. The smallest absolute Gasteiger partial charge is 0.123 e. The molecular formula is C13H16ClFN4O. The number of ether oxygens (including phenoxy) is 1. The van der Waals surface area contributed by atoms with Crippen LogP contribution in [-0.4, -0.2) is 23.5 Å². The summed E-state index contributed by atoms with van der Waals surface area (Å²) in [4.78, 5) is 0. The molecule has 0 amide bonds. The normalized spacial score (nSPS) is 12.6. The molecule has 0 radical (unpaired) electrons. The summed E-state index contributed by atoms with van der Waals surface area (Å²) in [7, 11) is 1.61. The lowest BCUT2D eigenvalue weighted by atomic mass is 10.0. The van der Waals surface area contributed by atoms with Crippen LogP contribution in [0.15, 0.2) is 30.5 Å². The van der Waals surface area contributed by atoms with Crippen LogP contribution in [0.25, 0.3) is 0 Å². The molecule has 1 aromatic heterocycles. The Bertz CT molecular complexity index is 575. The zero-order valence-electron chi connectivity index (χ0n) is 11.0. The molecule has 20 heavy (non-hydrogen) atoms. The molecule has 1 aromatic carbocycles. The fourth-order valence-corrected chi connectivity index (χ4v) is 2.28. The number of nitrogens with one attached hydrogen (secondary N) is 1. The van der Waals surface area contributed by atoms with Crippen molar-refractivity contribution in [3.8, 4) is 0 Å². The number of methoxy groups -OCH3 is 1. The van der Waals surface area contributed by atoms with E-state index in [1.807, 2.05) is 0 Å². The second-order valence-corrected chi connectivity index (χ2v) is 4.66. The van der Waals surface area contributed by atoms with E-state index in [1.54, 1.807) is 23.9 Å². The maximum Gasteiger partial charge on any atom is 0.123 e. The van der Waals surface area contributed by atoms with Crippen molar-refractivity contribution in [2.45, 2.75) is 12.6 Å². The number of hydrazine groups is 1. The first kappa shape index (κ1) is 14.9. The minimum absolute atomic E-state index is 0.332. The number of benzene rings is 1. The summed E-state index contributed by atoms with van der Waals surface area (Å²) in [6.07, 6.45) is 1.54. The van der Waals surface area contributed by atoms with Crippen LogP contribution in [0.2, 0.25) is 5.02 Å². The number of nitrogens with zero attached hydrogens (tertiary/aromatic N) is 2. The maximum absolute atomic E-state index is 13.4. The fourth-order valence-electron chi connectivity index (χ4n) is 2.03. The van der Waals surface area contributed by atoms with E-state index in [1.165, 1.54) is 18.3 Å². The summed E-state index contributed by atoms with van der Waals surface area (Å²) in [5.41, 5.74) is 4.01. The second-order valence-electron chi connectivity index (χ2n) is 4.25. The molecule has 0 aliphatic carbocycles. The molecule has 0 aliphatic rings. The van der Waals surface area contributed by atoms with Gasteiger partial charge in [0.25, 0.3) is 0 Å². The highest BCUT2D eigenvalue weighted by Gasteiger charge is 2.21. The molecule has 1 atom stereocenters. The molecule has 1 unspecified atom stereocenters. The van der Waals surface area contributed by atoms with Crippen molar-refractivity contribution in [1.29, 1.82) is 0 Å². The minimum Gasteiger partial charge on any atom is -0.383 e. The van der Waals surface area contributed by atoms with Crippen LogP contribution in [-0.2, 0) is 11.3 Å². The van der Waals surface area contributed by atoms with Crippen molar-refractivity contribution in [1.82, 2.24) is 15.2 Å². The predicted molar refractivity (Wildman–Crippen MR) is 74.7 cm³/mol. The third-order valence-electron chi connectivity index (χ3n) is 2.96. The summed E-state index contributed by atoms with van der Waals surface area (Å²) in [5, 5.41) is 4.65. The van der Waals surface area contributed by atoms with Crippen LogP contribution in [0.3, 0.4) is 0 Å². The molecule has 0 bridgehead atoms. The largest absolute Gasteiger partial charge is 0.383 e. The van der Waals surface area contributed by atoms with E-state index in [4.69, 9.17) is 22.2 Å². The van der Waals surface area contributed by atoms with Crippen LogP contribution in [0, 0.1) is 5.82 Å². The van der Waals surface area contributed by atoms with Crippen LogP contribution in [0.4, 0.5) is 4.39 Å². The zero-order valence-corrected chi connectivity index (χ0v) is 11.8. The van der Waals surface area contributed by atoms with E-state index in [0.717, 1.165) is 0 Å². The van der Waals surface area contributed by atoms with Crippen molar-refractivity contribution < 1.29 is 9.13 Å². The van der Waals surface area contributed by atoms with Crippen LogP contribution >= 0.6 is 11.6 Å². The highest BCUT2D eigenvalue weighted by Crippen LogP contribution is 2.28. The second kappa shape index (κ2) is 6.81. The van der Waals surface area contributed by atoms with Gasteiger partial charge in [-0.3, -0.25) is 10.5 Å². The van der Waals surface area contributed by atoms with Gasteiger partial charge in [0.05, 0.1) is 36.1 Å². The topological polar surface area (TPSA) is 65.1 Å². The fraction of sp³-hybridized carbons (Fsp3) is 0.308. The van der Waals surface area contributed by atoms with E-state index < -0.39 is 6.04 Å². The summed E-state index contributed by atoms with van der Waals surface area (Å²) < 4.78 is 20.1. The minimum atomic E-state index is -0.447. The highest BCUT2D eigenvalue weighted by atomic mass is 35.5. The molecular weight excluding hydrogens is 283 g/mol. The highest BCUT2D eigenvalue weighted by molar-refractivity contribution is 6.31. The van der Waals surface area contributed by atoms with Crippen molar-refractivity contribution in [3.63, 3.8) is 0 Å². The standard InChI is InChI=1S/C13H16ClFN4O/c1-20-6-5-19-13(11(14)8-17-19)12(18-16)9-3-2-4-10(15)7-9/h2-4,7-8,12,18H,5-6,16H2,1H3. The third-order valence-corrected chi connectivity index (χ3v) is 3.25. The Kier molecular flexibility index (Phi) is 5.08. The Morgan fingerprint density at radius 3 is 3.00 bits per heavy atom. The van der Waals surface area contributed by atoms with E-state index in [9.17, 15) is 4.39 Å². The summed E-state index contributed by atoms with van der Waals surface area (Å²) in [5.74, 6) is 5.28. The molecule has 0 saturated heterocycles. The molecule has 108 valence electrons. The molecule has 0 spiro atoms. The third kappa shape index (κ3) is 3.16. The first-order valence-electron chi connectivity index (χ1n) is 6.09. The SMILES string of the molecule is COCCn1ncc(Cl)c1C(NN)c1cccc(F)c1. The maximum atomic E-state index is 13.4. The summed E-state index contributed by atoms with van der Waals surface area (Å²) in [6, 6.07) is 5.74. The number of nitrogens with two attached hydrogens (primary N) is 1. The zero-order chi connectivity index (χ0) is 14.5. The monoisotopic (exact) mass is 298 g/mol. The molecule has 0 fully saturated rings. The average molecular weight is 299 g/mol. The van der Waals surface area contributed by atoms with E-state index in [-0.39, 0.29) is 5.82 Å². The van der Waals surface area contributed by atoms with Crippen LogP contribution in [0.1, 0.15) is 17.3 Å². The van der Waals surface area contributed by atoms with Gasteiger partial charge in [0.15, 0.2) is 0 Å². The van der Waals surface area contributed by atoms with Gasteiger partial charge < -0.3 is 4.74 Å². The molecule has 7 heteroatoms. The number of rotatable bonds is 6. The van der Waals surface area contributed by atoms with Crippen molar-refractivity contribution >= 4 is 11.6 Å².